The van der Waals surface area contributed by atoms with Crippen molar-refractivity contribution in [3.63, 3.8) is 0 Å². The second-order valence-electron chi connectivity index (χ2n) is 5.06. The Balaban J connectivity index is 1.93. The van der Waals surface area contributed by atoms with Crippen LogP contribution in [0.5, 0.6) is 0 Å². The third kappa shape index (κ3) is 4.39. The van der Waals surface area contributed by atoms with Gasteiger partial charge < -0.3 is 5.32 Å². The lowest BCUT2D eigenvalue weighted by atomic mass is 10.1. The number of likely N-dealkylation sites (N-methyl/N-ethyl adjacent to an activating group) is 1. The summed E-state index contributed by atoms with van der Waals surface area (Å²) in [5.41, 5.74) is 1.62. The zero-order valence-corrected chi connectivity index (χ0v) is 12.2. The number of rotatable bonds is 5. The monoisotopic (exact) mass is 286 g/mol. The lowest BCUT2D eigenvalue weighted by molar-refractivity contribution is -0.117. The highest BCUT2D eigenvalue weighted by Crippen LogP contribution is 2.18. The van der Waals surface area contributed by atoms with E-state index >= 15 is 0 Å². The van der Waals surface area contributed by atoms with Gasteiger partial charge in [0, 0.05) is 11.7 Å². The number of halogens is 1. The maximum absolute atomic E-state index is 13.1. The quantitative estimate of drug-likeness (QED) is 0.913. The molecule has 0 radical (unpaired) electrons. The largest absolute Gasteiger partial charge is 0.325 e. The van der Waals surface area contributed by atoms with Gasteiger partial charge in [0.1, 0.15) is 5.82 Å². The molecule has 4 heteroatoms. The fourth-order valence-corrected chi connectivity index (χ4v) is 2.12. The zero-order chi connectivity index (χ0) is 15.2. The number of hydrogen-bond acceptors (Lipinski definition) is 2. The normalized spacial score (nSPS) is 12.2. The van der Waals surface area contributed by atoms with Crippen LogP contribution in [-0.2, 0) is 4.79 Å². The minimum atomic E-state index is -0.362. The molecule has 0 aliphatic heterocycles. The Kier molecular flexibility index (Phi) is 5.06. The minimum Gasteiger partial charge on any atom is -0.325 e. The van der Waals surface area contributed by atoms with Gasteiger partial charge in [-0.2, -0.15) is 0 Å². The molecular formula is C17H19FN2O. The molecule has 3 nitrogen and oxygen atoms in total. The Morgan fingerprint density at radius 3 is 2.57 bits per heavy atom. The zero-order valence-electron chi connectivity index (χ0n) is 12.2. The van der Waals surface area contributed by atoms with Gasteiger partial charge in [0.15, 0.2) is 0 Å². The molecule has 0 saturated heterocycles. The van der Waals surface area contributed by atoms with E-state index in [9.17, 15) is 9.18 Å². The summed E-state index contributed by atoms with van der Waals surface area (Å²) in [6, 6.07) is 16.0. The first-order valence-electron chi connectivity index (χ1n) is 6.87. The Morgan fingerprint density at radius 2 is 1.90 bits per heavy atom. The molecule has 0 aliphatic rings. The van der Waals surface area contributed by atoms with E-state index < -0.39 is 0 Å². The number of nitrogens with zero attached hydrogens (tertiary/aromatic N) is 1. The fourth-order valence-electron chi connectivity index (χ4n) is 2.12. The third-order valence-corrected chi connectivity index (χ3v) is 3.44. The number of benzene rings is 2. The molecule has 0 heterocycles. The van der Waals surface area contributed by atoms with Crippen LogP contribution >= 0.6 is 0 Å². The molecule has 0 saturated carbocycles. The van der Waals surface area contributed by atoms with Gasteiger partial charge in [0.2, 0.25) is 5.91 Å². The smallest absolute Gasteiger partial charge is 0.238 e. The molecule has 2 rings (SSSR count). The summed E-state index contributed by atoms with van der Waals surface area (Å²) in [5, 5.41) is 2.70. The molecule has 2 aromatic rings. The van der Waals surface area contributed by atoms with Crippen LogP contribution in [0.15, 0.2) is 54.6 Å². The number of amides is 1. The van der Waals surface area contributed by atoms with E-state index in [4.69, 9.17) is 0 Å². The van der Waals surface area contributed by atoms with Gasteiger partial charge in [-0.1, -0.05) is 36.4 Å². The number of carbonyl (C=O) groups is 1. The number of nitrogens with one attached hydrogen (secondary N) is 1. The van der Waals surface area contributed by atoms with E-state index in [0.717, 1.165) is 5.56 Å². The molecule has 110 valence electrons. The summed E-state index contributed by atoms with van der Waals surface area (Å²) < 4.78 is 13.1. The first-order valence-corrected chi connectivity index (χ1v) is 6.87. The molecule has 0 aromatic heterocycles. The Bertz CT molecular complexity index is 601. The Hall–Kier alpha value is -2.20. The van der Waals surface area contributed by atoms with Crippen LogP contribution in [0, 0.1) is 5.82 Å². The highest BCUT2D eigenvalue weighted by molar-refractivity contribution is 5.92. The first kappa shape index (κ1) is 15.2. The molecule has 0 aliphatic carbocycles. The summed E-state index contributed by atoms with van der Waals surface area (Å²) in [5.74, 6) is -0.523. The van der Waals surface area contributed by atoms with E-state index in [1.807, 2.05) is 49.2 Å². The van der Waals surface area contributed by atoms with Gasteiger partial charge in [-0.3, -0.25) is 9.69 Å². The van der Waals surface area contributed by atoms with Crippen molar-refractivity contribution in [3.8, 4) is 0 Å². The second kappa shape index (κ2) is 6.99. The molecule has 1 atom stereocenters. The van der Waals surface area contributed by atoms with Gasteiger partial charge in [-0.15, -0.1) is 0 Å². The minimum absolute atomic E-state index is 0.129. The lowest BCUT2D eigenvalue weighted by Gasteiger charge is -2.24. The van der Waals surface area contributed by atoms with Gasteiger partial charge >= 0.3 is 0 Å². The molecule has 1 amide bonds. The first-order chi connectivity index (χ1) is 10.1. The topological polar surface area (TPSA) is 32.3 Å². The van der Waals surface area contributed by atoms with Gasteiger partial charge in [0.05, 0.1) is 6.54 Å². The van der Waals surface area contributed by atoms with Gasteiger partial charge in [-0.05, 0) is 37.7 Å². The summed E-state index contributed by atoms with van der Waals surface area (Å²) >= 11 is 0. The maximum Gasteiger partial charge on any atom is 0.238 e. The average molecular weight is 286 g/mol. The number of hydrogen-bond donors (Lipinski definition) is 1. The molecule has 0 fully saturated rings. The highest BCUT2D eigenvalue weighted by Gasteiger charge is 2.14. The third-order valence-electron chi connectivity index (χ3n) is 3.44. The van der Waals surface area contributed by atoms with E-state index in [0.29, 0.717) is 5.69 Å². The van der Waals surface area contributed by atoms with Gasteiger partial charge in [-0.25, -0.2) is 4.39 Å². The molecular weight excluding hydrogens is 267 g/mol. The van der Waals surface area contributed by atoms with Crippen molar-refractivity contribution < 1.29 is 9.18 Å². The SMILES string of the molecule is C[C@@H](c1ccccc1)N(C)CC(=O)Nc1cccc(F)c1. The molecule has 1 N–H and O–H groups in total. The molecule has 0 spiro atoms. The number of anilines is 1. The summed E-state index contributed by atoms with van der Waals surface area (Å²) in [7, 11) is 1.89. The predicted molar refractivity (Wildman–Crippen MR) is 82.5 cm³/mol. The second-order valence-corrected chi connectivity index (χ2v) is 5.06. The van der Waals surface area contributed by atoms with Crippen molar-refractivity contribution in [2.75, 3.05) is 18.9 Å². The van der Waals surface area contributed by atoms with Crippen LogP contribution in [0.2, 0.25) is 0 Å². The summed E-state index contributed by atoms with van der Waals surface area (Å²) in [6.07, 6.45) is 0. The van der Waals surface area contributed by atoms with Crippen LogP contribution in [-0.4, -0.2) is 24.4 Å². The molecule has 21 heavy (non-hydrogen) atoms. The predicted octanol–water partition coefficient (Wildman–Crippen LogP) is 3.46. The van der Waals surface area contributed by atoms with Crippen molar-refractivity contribution in [1.82, 2.24) is 4.90 Å². The van der Waals surface area contributed by atoms with E-state index in [1.54, 1.807) is 12.1 Å². The van der Waals surface area contributed by atoms with Crippen molar-refractivity contribution in [1.29, 1.82) is 0 Å². The van der Waals surface area contributed by atoms with E-state index in [2.05, 4.69) is 5.32 Å². The lowest BCUT2D eigenvalue weighted by Crippen LogP contribution is -2.32. The van der Waals surface area contributed by atoms with E-state index in [-0.39, 0.29) is 24.3 Å². The van der Waals surface area contributed by atoms with Crippen molar-refractivity contribution in [2.24, 2.45) is 0 Å². The van der Waals surface area contributed by atoms with Crippen molar-refractivity contribution in [2.45, 2.75) is 13.0 Å². The highest BCUT2D eigenvalue weighted by atomic mass is 19.1. The maximum atomic E-state index is 13.1. The average Bonchev–Trinajstić information content (AvgIpc) is 2.47. The van der Waals surface area contributed by atoms with Gasteiger partial charge in [0.25, 0.3) is 0 Å². The van der Waals surface area contributed by atoms with Crippen LogP contribution in [0.25, 0.3) is 0 Å². The van der Waals surface area contributed by atoms with E-state index in [1.165, 1.54) is 12.1 Å². The standard InChI is InChI=1S/C17H19FN2O/c1-13(14-7-4-3-5-8-14)20(2)12-17(21)19-16-10-6-9-15(18)11-16/h3-11,13H,12H2,1-2H3,(H,19,21)/t13-/m0/s1. The van der Waals surface area contributed by atoms with Crippen LogP contribution < -0.4 is 5.32 Å². The van der Waals surface area contributed by atoms with Crippen LogP contribution in [0.3, 0.4) is 0 Å². The molecule has 2 aromatic carbocycles. The molecule has 0 unspecified atom stereocenters. The Morgan fingerprint density at radius 1 is 1.19 bits per heavy atom. The molecule has 0 bridgehead atoms. The van der Waals surface area contributed by atoms with Crippen LogP contribution in [0.1, 0.15) is 18.5 Å². The van der Waals surface area contributed by atoms with Crippen molar-refractivity contribution >= 4 is 11.6 Å². The number of carbonyl (C=O) groups excluding carboxylic acids is 1. The summed E-state index contributed by atoms with van der Waals surface area (Å²) in [4.78, 5) is 13.9. The fraction of sp³-hybridized carbons (Fsp3) is 0.235. The Labute approximate surface area is 124 Å². The van der Waals surface area contributed by atoms with Crippen molar-refractivity contribution in [3.05, 3.63) is 66.0 Å². The summed E-state index contributed by atoms with van der Waals surface area (Å²) in [6.45, 7) is 2.29. The van der Waals surface area contributed by atoms with Crippen LogP contribution in [0.4, 0.5) is 10.1 Å².